The average molecular weight is 477 g/mol. The van der Waals surface area contributed by atoms with Gasteiger partial charge in [0.05, 0.1) is 18.3 Å². The van der Waals surface area contributed by atoms with Gasteiger partial charge in [0.1, 0.15) is 5.56 Å². The maximum Gasteiger partial charge on any atom is 0.421 e. The first-order valence-electron chi connectivity index (χ1n) is 11.5. The molecule has 2 aromatic rings. The molecule has 0 bridgehead atoms. The van der Waals surface area contributed by atoms with E-state index in [0.717, 1.165) is 12.5 Å². The molecule has 0 spiro atoms. The minimum Gasteiger partial charge on any atom is -0.338 e. The highest BCUT2D eigenvalue weighted by molar-refractivity contribution is 5.78. The summed E-state index contributed by atoms with van der Waals surface area (Å²) < 4.78 is 39.4. The van der Waals surface area contributed by atoms with Gasteiger partial charge in [-0.1, -0.05) is 0 Å². The van der Waals surface area contributed by atoms with Gasteiger partial charge in [0.2, 0.25) is 11.9 Å². The SMILES string of the molecule is O=C(CN1CCCC1c1cc(C(F)(F)F)c(=O)[nH]n1)N1CCN(c2ncc(C3CC3)cn2)CC1. The zero-order chi connectivity index (χ0) is 23.9. The maximum absolute atomic E-state index is 13.1. The van der Waals surface area contributed by atoms with Gasteiger partial charge in [0.25, 0.3) is 5.56 Å². The van der Waals surface area contributed by atoms with Gasteiger partial charge in [-0.25, -0.2) is 15.1 Å². The molecule has 1 aliphatic carbocycles. The van der Waals surface area contributed by atoms with Crippen molar-refractivity contribution < 1.29 is 18.0 Å². The highest BCUT2D eigenvalue weighted by Crippen LogP contribution is 2.39. The van der Waals surface area contributed by atoms with Crippen molar-refractivity contribution in [1.29, 1.82) is 0 Å². The topological polar surface area (TPSA) is 98.3 Å². The van der Waals surface area contributed by atoms with E-state index in [-0.39, 0.29) is 18.1 Å². The first-order valence-corrected chi connectivity index (χ1v) is 11.5. The van der Waals surface area contributed by atoms with Gasteiger partial charge in [0, 0.05) is 38.6 Å². The highest BCUT2D eigenvalue weighted by atomic mass is 19.4. The number of hydrogen-bond donors (Lipinski definition) is 1. The molecule has 182 valence electrons. The Labute approximate surface area is 194 Å². The van der Waals surface area contributed by atoms with E-state index < -0.39 is 23.3 Å². The molecule has 5 rings (SSSR count). The second kappa shape index (κ2) is 8.97. The first kappa shape index (κ1) is 22.8. The lowest BCUT2D eigenvalue weighted by Gasteiger charge is -2.36. The van der Waals surface area contributed by atoms with Gasteiger partial charge in [-0.05, 0) is 49.8 Å². The summed E-state index contributed by atoms with van der Waals surface area (Å²) in [4.78, 5) is 39.1. The summed E-state index contributed by atoms with van der Waals surface area (Å²) in [5.41, 5.74) is -1.22. The Morgan fingerprint density at radius 1 is 1.06 bits per heavy atom. The number of hydrogen-bond acceptors (Lipinski definition) is 7. The van der Waals surface area contributed by atoms with E-state index in [2.05, 4.69) is 20.0 Å². The van der Waals surface area contributed by atoms with Crippen molar-refractivity contribution in [3.63, 3.8) is 0 Å². The number of amides is 1. The van der Waals surface area contributed by atoms with E-state index in [0.29, 0.717) is 51.0 Å². The fourth-order valence-electron chi connectivity index (χ4n) is 4.70. The summed E-state index contributed by atoms with van der Waals surface area (Å²) >= 11 is 0. The van der Waals surface area contributed by atoms with Crippen LogP contribution >= 0.6 is 0 Å². The van der Waals surface area contributed by atoms with Gasteiger partial charge in [-0.15, -0.1) is 0 Å². The smallest absolute Gasteiger partial charge is 0.338 e. The van der Waals surface area contributed by atoms with Gasteiger partial charge in [0.15, 0.2) is 0 Å². The lowest BCUT2D eigenvalue weighted by Crippen LogP contribution is -2.51. The number of anilines is 1. The molecule has 1 saturated carbocycles. The third-order valence-electron chi connectivity index (χ3n) is 6.79. The molecule has 9 nitrogen and oxygen atoms in total. The molecule has 3 aliphatic rings. The van der Waals surface area contributed by atoms with E-state index in [1.54, 1.807) is 4.90 Å². The molecule has 0 aromatic carbocycles. The molecule has 12 heteroatoms. The molecule has 3 fully saturated rings. The summed E-state index contributed by atoms with van der Waals surface area (Å²) in [6, 6.07) is 0.362. The fourth-order valence-corrected chi connectivity index (χ4v) is 4.70. The number of piperazine rings is 1. The van der Waals surface area contributed by atoms with Crippen LogP contribution in [-0.4, -0.2) is 75.1 Å². The summed E-state index contributed by atoms with van der Waals surface area (Å²) in [6.07, 6.45) is 2.73. The fraction of sp³-hybridized carbons (Fsp3) is 0.591. The maximum atomic E-state index is 13.1. The average Bonchev–Trinajstić information content (AvgIpc) is 3.58. The van der Waals surface area contributed by atoms with Crippen LogP contribution in [0.4, 0.5) is 19.1 Å². The van der Waals surface area contributed by atoms with Crippen LogP contribution < -0.4 is 10.5 Å². The van der Waals surface area contributed by atoms with E-state index in [9.17, 15) is 22.8 Å². The Morgan fingerprint density at radius 3 is 2.41 bits per heavy atom. The molecule has 2 aromatic heterocycles. The lowest BCUT2D eigenvalue weighted by molar-refractivity contribution is -0.139. The summed E-state index contributed by atoms with van der Waals surface area (Å²) in [5, 5.41) is 5.80. The molecule has 1 atom stereocenters. The number of rotatable bonds is 5. The van der Waals surface area contributed by atoms with Crippen LogP contribution in [0.25, 0.3) is 0 Å². The quantitative estimate of drug-likeness (QED) is 0.703. The number of aromatic amines is 1. The minimum atomic E-state index is -4.76. The van der Waals surface area contributed by atoms with Crippen LogP contribution in [0.15, 0.2) is 23.3 Å². The van der Waals surface area contributed by atoms with Crippen molar-refractivity contribution >= 4 is 11.9 Å². The number of carbonyl (C=O) groups excluding carboxylic acids is 1. The highest BCUT2D eigenvalue weighted by Gasteiger charge is 2.37. The molecule has 1 amide bonds. The van der Waals surface area contributed by atoms with E-state index >= 15 is 0 Å². The largest absolute Gasteiger partial charge is 0.421 e. The monoisotopic (exact) mass is 477 g/mol. The van der Waals surface area contributed by atoms with E-state index in [1.807, 2.05) is 22.4 Å². The third kappa shape index (κ3) is 4.77. The predicted molar refractivity (Wildman–Crippen MR) is 116 cm³/mol. The summed E-state index contributed by atoms with van der Waals surface area (Å²) in [7, 11) is 0. The molecule has 0 radical (unpaired) electrons. The zero-order valence-electron chi connectivity index (χ0n) is 18.6. The van der Waals surface area contributed by atoms with Crippen LogP contribution in [0.1, 0.15) is 54.5 Å². The van der Waals surface area contributed by atoms with Crippen molar-refractivity contribution in [2.24, 2.45) is 0 Å². The Balaban J connectivity index is 1.19. The molecule has 2 saturated heterocycles. The number of halogens is 3. The minimum absolute atomic E-state index is 0.0722. The van der Waals surface area contributed by atoms with Crippen LogP contribution in [0, 0.1) is 0 Å². The Kier molecular flexibility index (Phi) is 6.00. The number of H-pyrrole nitrogens is 1. The Bertz CT molecular complexity index is 1090. The van der Waals surface area contributed by atoms with Gasteiger partial charge in [-0.2, -0.15) is 18.3 Å². The second-order valence-corrected chi connectivity index (χ2v) is 9.12. The van der Waals surface area contributed by atoms with E-state index in [1.165, 1.54) is 18.4 Å². The number of likely N-dealkylation sites (tertiary alicyclic amines) is 1. The van der Waals surface area contributed by atoms with Crippen LogP contribution in [0.3, 0.4) is 0 Å². The van der Waals surface area contributed by atoms with Crippen LogP contribution in [0.5, 0.6) is 0 Å². The standard InChI is InChI=1S/C22H26F3N7O2/c23-22(24,25)16-10-17(28-29-20(16)34)18-2-1-5-32(18)13-19(33)30-6-8-31(9-7-30)21-26-11-15(12-27-21)14-3-4-14/h10-12,14,18H,1-9,13H2,(H,29,34). The van der Waals surface area contributed by atoms with Crippen LogP contribution in [-0.2, 0) is 11.0 Å². The third-order valence-corrected chi connectivity index (χ3v) is 6.79. The Morgan fingerprint density at radius 2 is 1.76 bits per heavy atom. The molecule has 2 aliphatic heterocycles. The van der Waals surface area contributed by atoms with Crippen molar-refractivity contribution in [1.82, 2.24) is 30.0 Å². The van der Waals surface area contributed by atoms with Crippen molar-refractivity contribution in [2.75, 3.05) is 44.2 Å². The lowest BCUT2D eigenvalue weighted by atomic mass is 10.1. The molecule has 34 heavy (non-hydrogen) atoms. The molecule has 1 unspecified atom stereocenters. The summed E-state index contributed by atoms with van der Waals surface area (Å²) in [5.74, 6) is 1.20. The van der Waals surface area contributed by atoms with E-state index in [4.69, 9.17) is 0 Å². The van der Waals surface area contributed by atoms with Crippen molar-refractivity contribution in [3.8, 4) is 0 Å². The Hall–Kier alpha value is -3.02. The predicted octanol–water partition coefficient (Wildman–Crippen LogP) is 1.94. The molecule has 1 N–H and O–H groups in total. The number of alkyl halides is 3. The normalized spacial score (nSPS) is 21.8. The summed E-state index contributed by atoms with van der Waals surface area (Å²) in [6.45, 7) is 2.97. The number of nitrogens with one attached hydrogen (secondary N) is 1. The number of aromatic nitrogens is 4. The van der Waals surface area contributed by atoms with Gasteiger partial charge < -0.3 is 9.80 Å². The second-order valence-electron chi connectivity index (χ2n) is 9.12. The zero-order valence-corrected chi connectivity index (χ0v) is 18.6. The number of carbonyl (C=O) groups is 1. The molecular weight excluding hydrogens is 451 g/mol. The van der Waals surface area contributed by atoms with Gasteiger partial charge >= 0.3 is 6.18 Å². The molecular formula is C22H26F3N7O2. The van der Waals surface area contributed by atoms with Gasteiger partial charge in [-0.3, -0.25) is 14.5 Å². The first-order chi connectivity index (χ1) is 16.3. The van der Waals surface area contributed by atoms with Crippen LogP contribution in [0.2, 0.25) is 0 Å². The van der Waals surface area contributed by atoms with Crippen molar-refractivity contribution in [2.45, 2.75) is 43.8 Å². The number of nitrogens with zero attached hydrogens (tertiary/aromatic N) is 6. The van der Waals surface area contributed by atoms with Crippen molar-refractivity contribution in [3.05, 3.63) is 45.6 Å². The molecule has 4 heterocycles.